The Morgan fingerprint density at radius 1 is 1.08 bits per heavy atom. The van der Waals surface area contributed by atoms with Crippen molar-refractivity contribution < 1.29 is 24.0 Å². The summed E-state index contributed by atoms with van der Waals surface area (Å²) in [5.74, 6) is -0.669. The Morgan fingerprint density at radius 2 is 1.62 bits per heavy atom. The van der Waals surface area contributed by atoms with Gasteiger partial charge >= 0.3 is 13.1 Å². The molecule has 7 heteroatoms. The molecule has 0 amide bonds. The number of thiol groups is 1. The third-order valence-electron chi connectivity index (χ3n) is 4.89. The van der Waals surface area contributed by atoms with E-state index in [4.69, 9.17) is 14.4 Å². The van der Waals surface area contributed by atoms with Crippen LogP contribution in [0.5, 0.6) is 0 Å². The van der Waals surface area contributed by atoms with E-state index in [2.05, 4.69) is 12.6 Å². The largest absolute Gasteiger partial charge is 0.491 e. The van der Waals surface area contributed by atoms with Crippen molar-refractivity contribution in [2.75, 3.05) is 5.75 Å². The van der Waals surface area contributed by atoms with E-state index in [-0.39, 0.29) is 18.6 Å². The van der Waals surface area contributed by atoms with Crippen LogP contribution in [-0.2, 0) is 14.1 Å². The number of carbonyl (C=O) groups is 2. The van der Waals surface area contributed by atoms with Gasteiger partial charge < -0.3 is 14.4 Å². The van der Waals surface area contributed by atoms with E-state index in [0.29, 0.717) is 11.3 Å². The Kier molecular flexibility index (Phi) is 6.37. The fourth-order valence-electron chi connectivity index (χ4n) is 2.53. The number of Topliss-reactive ketones (excluding diaryl/α,β-unsaturated/α-hetero) is 1. The third-order valence-corrected chi connectivity index (χ3v) is 5.25. The average molecular weight is 376 g/mol. The molecule has 1 aliphatic heterocycles. The molecule has 0 aliphatic carbocycles. The van der Waals surface area contributed by atoms with Gasteiger partial charge in [0, 0.05) is 17.7 Å². The lowest BCUT2D eigenvalue weighted by molar-refractivity contribution is -0.136. The van der Waals surface area contributed by atoms with Gasteiger partial charge in [0.05, 0.1) is 17.6 Å². The molecule has 1 aliphatic rings. The first-order valence-corrected chi connectivity index (χ1v) is 9.21. The van der Waals surface area contributed by atoms with Gasteiger partial charge in [0.15, 0.2) is 5.78 Å². The second-order valence-corrected chi connectivity index (χ2v) is 7.72. The fraction of sp³-hybridized carbons (Fsp3) is 0.474. The van der Waals surface area contributed by atoms with Crippen LogP contribution >= 0.6 is 12.6 Å². The second kappa shape index (κ2) is 7.98. The van der Waals surface area contributed by atoms with Crippen LogP contribution in [0.3, 0.4) is 0 Å². The lowest BCUT2D eigenvalue weighted by Crippen LogP contribution is -2.41. The number of hydrogen-bond donors (Lipinski definition) is 2. The van der Waals surface area contributed by atoms with Crippen molar-refractivity contribution in [2.24, 2.45) is 0 Å². The molecule has 1 aromatic carbocycles. The summed E-state index contributed by atoms with van der Waals surface area (Å²) < 4.78 is 12.1. The molecule has 0 saturated carbocycles. The number of rotatable bonds is 7. The normalized spacial score (nSPS) is 18.8. The lowest BCUT2D eigenvalue weighted by atomic mass is 9.78. The Labute approximate surface area is 160 Å². The van der Waals surface area contributed by atoms with Crippen molar-refractivity contribution in [1.82, 2.24) is 0 Å². The minimum absolute atomic E-state index is 0.000326. The minimum atomic E-state index is -0.973. The summed E-state index contributed by atoms with van der Waals surface area (Å²) in [4.78, 5) is 22.5. The van der Waals surface area contributed by atoms with Gasteiger partial charge in [-0.25, -0.2) is 0 Å². The molecule has 5 nitrogen and oxygen atoms in total. The fourth-order valence-corrected chi connectivity index (χ4v) is 2.77. The number of carbonyl (C=O) groups excluding carboxylic acids is 1. The van der Waals surface area contributed by atoms with Crippen LogP contribution in [0.4, 0.5) is 0 Å². The topological polar surface area (TPSA) is 72.8 Å². The van der Waals surface area contributed by atoms with E-state index in [0.717, 1.165) is 11.0 Å². The van der Waals surface area contributed by atoms with Crippen LogP contribution in [0.15, 0.2) is 29.7 Å². The first kappa shape index (κ1) is 20.7. The lowest BCUT2D eigenvalue weighted by Gasteiger charge is -2.32. The number of aliphatic carboxylic acids is 1. The zero-order chi connectivity index (χ0) is 19.5. The van der Waals surface area contributed by atoms with Gasteiger partial charge in [-0.1, -0.05) is 30.3 Å². The highest BCUT2D eigenvalue weighted by molar-refractivity contribution is 7.80. The number of ketones is 1. The molecule has 26 heavy (non-hydrogen) atoms. The summed E-state index contributed by atoms with van der Waals surface area (Å²) in [6, 6.07) is 7.05. The molecule has 0 radical (unpaired) electrons. The Morgan fingerprint density at radius 3 is 2.08 bits per heavy atom. The van der Waals surface area contributed by atoms with Crippen molar-refractivity contribution in [3.8, 4) is 0 Å². The quantitative estimate of drug-likeness (QED) is 0.432. The summed E-state index contributed by atoms with van der Waals surface area (Å²) in [5, 5.41) is 8.67. The molecular formula is C19H25BO5S. The second-order valence-electron chi connectivity index (χ2n) is 7.40. The molecule has 1 aromatic rings. The highest BCUT2D eigenvalue weighted by Gasteiger charge is 2.52. The first-order chi connectivity index (χ1) is 12.1. The molecule has 140 valence electrons. The van der Waals surface area contributed by atoms with Gasteiger partial charge in [-0.05, 0) is 38.7 Å². The maximum absolute atomic E-state index is 12.0. The Bertz CT molecular complexity index is 693. The van der Waals surface area contributed by atoms with Crippen molar-refractivity contribution in [3.05, 3.63) is 40.9 Å². The average Bonchev–Trinajstić information content (AvgIpc) is 2.78. The summed E-state index contributed by atoms with van der Waals surface area (Å²) >= 11 is 4.40. The molecule has 1 heterocycles. The highest BCUT2D eigenvalue weighted by atomic mass is 32.1. The number of benzene rings is 1. The van der Waals surface area contributed by atoms with Gasteiger partial charge in [0.1, 0.15) is 0 Å². The van der Waals surface area contributed by atoms with E-state index in [9.17, 15) is 9.59 Å². The summed E-state index contributed by atoms with van der Waals surface area (Å²) in [7, 11) is -0.464. The van der Waals surface area contributed by atoms with Crippen molar-refractivity contribution in [3.63, 3.8) is 0 Å². The van der Waals surface area contributed by atoms with E-state index < -0.39 is 24.3 Å². The molecule has 1 fully saturated rings. The minimum Gasteiger partial charge on any atom is -0.481 e. The maximum Gasteiger partial charge on any atom is 0.491 e. The van der Waals surface area contributed by atoms with Gasteiger partial charge in [-0.2, -0.15) is 12.6 Å². The van der Waals surface area contributed by atoms with Crippen LogP contribution in [0.1, 0.15) is 56.5 Å². The first-order valence-electron chi connectivity index (χ1n) is 8.58. The number of hydrogen-bond acceptors (Lipinski definition) is 5. The number of carboxylic acid groups (broad SMARTS) is 1. The number of carboxylic acids is 1. The Balaban J connectivity index is 2.12. The van der Waals surface area contributed by atoms with E-state index >= 15 is 0 Å². The molecule has 2 rings (SSSR count). The monoisotopic (exact) mass is 376 g/mol. The van der Waals surface area contributed by atoms with Gasteiger partial charge in [-0.3, -0.25) is 9.59 Å². The van der Waals surface area contributed by atoms with Crippen LogP contribution in [0, 0.1) is 0 Å². The molecule has 0 atom stereocenters. The van der Waals surface area contributed by atoms with E-state index in [1.165, 1.54) is 0 Å². The predicted octanol–water partition coefficient (Wildman–Crippen LogP) is 3.68. The van der Waals surface area contributed by atoms with Crippen LogP contribution < -0.4 is 0 Å². The van der Waals surface area contributed by atoms with Crippen LogP contribution in [0.2, 0.25) is 0 Å². The van der Waals surface area contributed by atoms with Gasteiger partial charge in [0.2, 0.25) is 0 Å². The van der Waals surface area contributed by atoms with Gasteiger partial charge in [0.25, 0.3) is 0 Å². The van der Waals surface area contributed by atoms with Crippen molar-refractivity contribution in [2.45, 2.75) is 51.7 Å². The smallest absolute Gasteiger partial charge is 0.481 e. The zero-order valence-corrected chi connectivity index (χ0v) is 16.5. The van der Waals surface area contributed by atoms with Crippen molar-refractivity contribution in [1.29, 1.82) is 0 Å². The van der Waals surface area contributed by atoms with Crippen LogP contribution in [0.25, 0.3) is 6.08 Å². The summed E-state index contributed by atoms with van der Waals surface area (Å²) in [6.45, 7) is 8.00. The molecule has 0 aromatic heterocycles. The standard InChI is InChI=1S/C19H25BO5S/c1-18(2)19(3,4)25-20(24-18)15(12-26)11-13-5-7-14(8-6-13)16(21)9-10-17(22)23/h5-8,11,26H,9-10,12H2,1-4H3,(H,22,23). The maximum atomic E-state index is 12.0. The van der Waals surface area contributed by atoms with Crippen molar-refractivity contribution >= 4 is 37.6 Å². The SMILES string of the molecule is CC1(C)OB(C(=Cc2ccc(C(=O)CCC(=O)O)cc2)CS)OC1(C)C. The molecule has 0 spiro atoms. The summed E-state index contributed by atoms with van der Waals surface area (Å²) in [5.41, 5.74) is 1.47. The molecule has 1 saturated heterocycles. The summed E-state index contributed by atoms with van der Waals surface area (Å²) in [6.07, 6.45) is 1.78. The molecule has 0 bridgehead atoms. The van der Waals surface area contributed by atoms with Gasteiger partial charge in [-0.15, -0.1) is 0 Å². The molecule has 1 N–H and O–H groups in total. The highest BCUT2D eigenvalue weighted by Crippen LogP contribution is 2.39. The Hall–Kier alpha value is -1.57. The predicted molar refractivity (Wildman–Crippen MR) is 106 cm³/mol. The molecule has 0 unspecified atom stereocenters. The zero-order valence-electron chi connectivity index (χ0n) is 15.6. The van der Waals surface area contributed by atoms with E-state index in [1.807, 2.05) is 45.9 Å². The third kappa shape index (κ3) is 4.78. The van der Waals surface area contributed by atoms with Crippen LogP contribution in [-0.4, -0.2) is 40.9 Å². The molecular weight excluding hydrogens is 351 g/mol. The van der Waals surface area contributed by atoms with E-state index in [1.54, 1.807) is 12.1 Å².